The molecule has 1 aliphatic rings. The van der Waals surface area contributed by atoms with Gasteiger partial charge in [0, 0.05) is 25.7 Å². The largest absolute Gasteiger partial charge is 0.493 e. The molecule has 0 aliphatic carbocycles. The lowest BCUT2D eigenvalue weighted by Gasteiger charge is -2.25. The van der Waals surface area contributed by atoms with Crippen molar-refractivity contribution in [1.82, 2.24) is 24.6 Å². The summed E-state index contributed by atoms with van der Waals surface area (Å²) in [4.78, 5) is 35.7. The Labute approximate surface area is 192 Å². The molecule has 3 aromatic rings. The van der Waals surface area contributed by atoms with Crippen LogP contribution in [0.2, 0.25) is 0 Å². The van der Waals surface area contributed by atoms with E-state index in [2.05, 4.69) is 21.9 Å². The maximum atomic E-state index is 13.0. The monoisotopic (exact) mass is 453 g/mol. The number of fused-ring (bicyclic) bond motifs is 1. The average Bonchev–Trinajstić information content (AvgIpc) is 3.14. The quantitative estimate of drug-likeness (QED) is 0.497. The molecule has 2 aromatic heterocycles. The van der Waals surface area contributed by atoms with Crippen molar-refractivity contribution in [2.75, 3.05) is 39.5 Å². The molecule has 0 radical (unpaired) electrons. The number of hydrogen-bond acceptors (Lipinski definition) is 7. The van der Waals surface area contributed by atoms with Gasteiger partial charge in [0.05, 0.1) is 37.6 Å². The number of carbonyl (C=O) groups is 1. The summed E-state index contributed by atoms with van der Waals surface area (Å²) in [6, 6.07) is 5.34. The van der Waals surface area contributed by atoms with E-state index in [1.807, 2.05) is 6.92 Å². The number of nitrogens with one attached hydrogen (secondary N) is 1. The molecule has 33 heavy (non-hydrogen) atoms. The Morgan fingerprint density at radius 1 is 1.21 bits per heavy atom. The van der Waals surface area contributed by atoms with Gasteiger partial charge in [-0.3, -0.25) is 19.2 Å². The number of hydrogen-bond donors (Lipinski definition) is 1. The highest BCUT2D eigenvalue weighted by Crippen LogP contribution is 2.30. The van der Waals surface area contributed by atoms with Crippen molar-refractivity contribution in [3.63, 3.8) is 0 Å². The predicted molar refractivity (Wildman–Crippen MR) is 126 cm³/mol. The van der Waals surface area contributed by atoms with Crippen LogP contribution in [0.3, 0.4) is 0 Å². The maximum Gasteiger partial charge on any atom is 0.277 e. The van der Waals surface area contributed by atoms with Crippen LogP contribution in [-0.4, -0.2) is 69.9 Å². The number of aromatic amines is 1. The van der Waals surface area contributed by atoms with Gasteiger partial charge in [0.1, 0.15) is 17.1 Å². The average molecular weight is 454 g/mol. The van der Waals surface area contributed by atoms with Crippen LogP contribution in [0.1, 0.15) is 42.7 Å². The lowest BCUT2D eigenvalue weighted by molar-refractivity contribution is 0.0371. The van der Waals surface area contributed by atoms with Gasteiger partial charge in [-0.2, -0.15) is 5.10 Å². The van der Waals surface area contributed by atoms with Crippen LogP contribution in [0, 0.1) is 0 Å². The summed E-state index contributed by atoms with van der Waals surface area (Å²) in [5.41, 5.74) is 2.71. The molecule has 1 aliphatic heterocycles. The number of ether oxygens (including phenoxy) is 2. The predicted octanol–water partition coefficient (Wildman–Crippen LogP) is 2.58. The minimum absolute atomic E-state index is 0.0108. The van der Waals surface area contributed by atoms with Crippen molar-refractivity contribution in [3.8, 4) is 17.1 Å². The second-order valence-corrected chi connectivity index (χ2v) is 8.30. The Hall–Kier alpha value is -3.04. The van der Waals surface area contributed by atoms with Crippen LogP contribution < -0.4 is 10.3 Å². The number of ketones is 1. The summed E-state index contributed by atoms with van der Waals surface area (Å²) < 4.78 is 12.9. The van der Waals surface area contributed by atoms with Gasteiger partial charge in [-0.15, -0.1) is 0 Å². The van der Waals surface area contributed by atoms with Crippen LogP contribution in [0.5, 0.6) is 5.75 Å². The zero-order valence-corrected chi connectivity index (χ0v) is 19.5. The Morgan fingerprint density at radius 2 is 2.00 bits per heavy atom. The molecule has 0 saturated carbocycles. The summed E-state index contributed by atoms with van der Waals surface area (Å²) in [5, 5.41) is 4.49. The molecule has 0 atom stereocenters. The number of rotatable bonds is 9. The third-order valence-electron chi connectivity index (χ3n) is 5.74. The molecule has 0 unspecified atom stereocenters. The zero-order valence-electron chi connectivity index (χ0n) is 19.5. The molecule has 176 valence electrons. The number of benzene rings is 1. The Bertz CT molecular complexity index is 1190. The lowest BCUT2D eigenvalue weighted by Crippen LogP contribution is -2.39. The molecule has 9 heteroatoms. The van der Waals surface area contributed by atoms with E-state index < -0.39 is 0 Å². The SMILES string of the molecule is CCCOc1ccc(C(=O)CN2CCOCC2)cc1-c1nc2c(CCC)nn(C)c2c(=O)[nH]1. The summed E-state index contributed by atoms with van der Waals surface area (Å²) in [7, 11) is 1.75. The first-order valence-corrected chi connectivity index (χ1v) is 11.6. The minimum atomic E-state index is -0.265. The van der Waals surface area contributed by atoms with Crippen molar-refractivity contribution in [1.29, 1.82) is 0 Å². The third kappa shape index (κ3) is 4.99. The van der Waals surface area contributed by atoms with E-state index in [1.165, 1.54) is 0 Å². The molecule has 1 N–H and O–H groups in total. The molecule has 1 fully saturated rings. The maximum absolute atomic E-state index is 13.0. The standard InChI is InChI=1S/C24H31N5O4/c1-4-6-18-21-22(28(3)27-18)24(31)26-23(25-21)17-14-16(7-8-20(17)33-11-5-2)19(30)15-29-9-12-32-13-10-29/h7-8,14H,4-6,9-13,15H2,1-3H3,(H,25,26,31). The number of H-pyrrole nitrogens is 1. The molecule has 1 saturated heterocycles. The number of Topliss-reactive ketones (excluding diaryl/α,β-unsaturated/α-hetero) is 1. The summed E-state index contributed by atoms with van der Waals surface area (Å²) in [6.45, 7) is 7.69. The van der Waals surface area contributed by atoms with E-state index in [9.17, 15) is 9.59 Å². The Morgan fingerprint density at radius 3 is 2.73 bits per heavy atom. The molecular weight excluding hydrogens is 422 g/mol. The molecule has 9 nitrogen and oxygen atoms in total. The van der Waals surface area contributed by atoms with Gasteiger partial charge in [0.25, 0.3) is 5.56 Å². The number of nitrogens with zero attached hydrogens (tertiary/aromatic N) is 4. The molecule has 4 rings (SSSR count). The lowest BCUT2D eigenvalue weighted by atomic mass is 10.0. The second-order valence-electron chi connectivity index (χ2n) is 8.30. The van der Waals surface area contributed by atoms with Gasteiger partial charge >= 0.3 is 0 Å². The number of carbonyl (C=O) groups excluding carboxylic acids is 1. The molecule has 0 bridgehead atoms. The van der Waals surface area contributed by atoms with Crippen LogP contribution in [-0.2, 0) is 18.2 Å². The minimum Gasteiger partial charge on any atom is -0.493 e. The van der Waals surface area contributed by atoms with E-state index in [0.717, 1.165) is 38.0 Å². The van der Waals surface area contributed by atoms with E-state index in [4.69, 9.17) is 14.5 Å². The van der Waals surface area contributed by atoms with Gasteiger partial charge in [0.2, 0.25) is 0 Å². The van der Waals surface area contributed by atoms with Gasteiger partial charge < -0.3 is 14.5 Å². The second kappa shape index (κ2) is 10.3. The Balaban J connectivity index is 1.76. The summed E-state index contributed by atoms with van der Waals surface area (Å²) in [5.74, 6) is 0.977. The van der Waals surface area contributed by atoms with Crippen molar-refractivity contribution < 1.29 is 14.3 Å². The fourth-order valence-electron chi connectivity index (χ4n) is 4.06. The van der Waals surface area contributed by atoms with E-state index >= 15 is 0 Å². The highest BCUT2D eigenvalue weighted by molar-refractivity contribution is 5.99. The Kier molecular flexibility index (Phi) is 7.20. The highest BCUT2D eigenvalue weighted by Gasteiger charge is 2.20. The fraction of sp³-hybridized carbons (Fsp3) is 0.500. The molecule has 1 aromatic carbocycles. The van der Waals surface area contributed by atoms with Crippen molar-refractivity contribution in [2.45, 2.75) is 33.1 Å². The first-order valence-electron chi connectivity index (χ1n) is 11.6. The molecule has 0 spiro atoms. The third-order valence-corrected chi connectivity index (χ3v) is 5.74. The van der Waals surface area contributed by atoms with E-state index in [1.54, 1.807) is 29.9 Å². The normalized spacial score (nSPS) is 14.6. The van der Waals surface area contributed by atoms with Crippen LogP contribution in [0.15, 0.2) is 23.0 Å². The highest BCUT2D eigenvalue weighted by atomic mass is 16.5. The van der Waals surface area contributed by atoms with Crippen molar-refractivity contribution >= 4 is 16.8 Å². The number of aryl methyl sites for hydroxylation is 2. The van der Waals surface area contributed by atoms with Crippen molar-refractivity contribution in [2.24, 2.45) is 7.05 Å². The summed E-state index contributed by atoms with van der Waals surface area (Å²) in [6.07, 6.45) is 2.46. The smallest absolute Gasteiger partial charge is 0.277 e. The van der Waals surface area contributed by atoms with Crippen molar-refractivity contribution in [3.05, 3.63) is 39.8 Å². The van der Waals surface area contributed by atoms with Crippen LogP contribution in [0.25, 0.3) is 22.4 Å². The number of morpholine rings is 1. The molecular formula is C24H31N5O4. The number of aromatic nitrogens is 4. The molecule has 0 amide bonds. The molecule has 3 heterocycles. The van der Waals surface area contributed by atoms with Gasteiger partial charge in [-0.05, 0) is 31.0 Å². The zero-order chi connectivity index (χ0) is 23.4. The first kappa shape index (κ1) is 23.1. The van der Waals surface area contributed by atoms with Crippen LogP contribution in [0.4, 0.5) is 0 Å². The first-order chi connectivity index (χ1) is 16.0. The van der Waals surface area contributed by atoms with Gasteiger partial charge in [-0.1, -0.05) is 20.3 Å². The fourth-order valence-corrected chi connectivity index (χ4v) is 4.06. The topological polar surface area (TPSA) is 102 Å². The van der Waals surface area contributed by atoms with E-state index in [-0.39, 0.29) is 11.3 Å². The van der Waals surface area contributed by atoms with Gasteiger partial charge in [0.15, 0.2) is 11.3 Å². The summed E-state index contributed by atoms with van der Waals surface area (Å²) >= 11 is 0. The van der Waals surface area contributed by atoms with E-state index in [0.29, 0.717) is 60.1 Å². The van der Waals surface area contributed by atoms with Gasteiger partial charge in [-0.25, -0.2) is 4.98 Å². The van der Waals surface area contributed by atoms with Crippen LogP contribution >= 0.6 is 0 Å².